The molecule has 8 nitrogen and oxygen atoms in total. The van der Waals surface area contributed by atoms with Crippen molar-refractivity contribution in [2.24, 2.45) is 5.73 Å². The lowest BCUT2D eigenvalue weighted by Gasteiger charge is -2.08. The molecule has 0 radical (unpaired) electrons. The first-order chi connectivity index (χ1) is 9.29. The van der Waals surface area contributed by atoms with Crippen LogP contribution in [-0.2, 0) is 14.9 Å². The van der Waals surface area contributed by atoms with Crippen LogP contribution in [0.15, 0.2) is 40.6 Å². The second-order valence-electron chi connectivity index (χ2n) is 3.60. The van der Waals surface area contributed by atoms with Crippen LogP contribution in [0.1, 0.15) is 0 Å². The Morgan fingerprint density at radius 3 is 2.30 bits per heavy atom. The molecule has 0 bridgehead atoms. The number of nitrogens with zero attached hydrogens (tertiary/aromatic N) is 1. The van der Waals surface area contributed by atoms with Gasteiger partial charge in [-0.05, 0) is 24.3 Å². The predicted molar refractivity (Wildman–Crippen MR) is 70.8 cm³/mol. The Kier molecular flexibility index (Phi) is 4.68. The molecule has 0 aliphatic heterocycles. The van der Waals surface area contributed by atoms with Crippen molar-refractivity contribution in [2.45, 2.75) is 4.90 Å². The number of benzene rings is 1. The molecule has 20 heavy (non-hydrogen) atoms. The fourth-order valence-corrected chi connectivity index (χ4v) is 1.77. The van der Waals surface area contributed by atoms with Gasteiger partial charge in [-0.25, -0.2) is 0 Å². The number of hydrogen-bond acceptors (Lipinski definition) is 6. The van der Waals surface area contributed by atoms with Crippen molar-refractivity contribution in [3.8, 4) is 6.07 Å². The van der Waals surface area contributed by atoms with Crippen molar-refractivity contribution in [1.29, 1.82) is 5.26 Å². The van der Waals surface area contributed by atoms with E-state index in [0.29, 0.717) is 5.69 Å². The topological polar surface area (TPSA) is 145 Å². The maximum atomic E-state index is 11.3. The summed E-state index contributed by atoms with van der Waals surface area (Å²) < 4.78 is 30.5. The number of nitrogens with one attached hydrogen (secondary N) is 2. The van der Waals surface area contributed by atoms with Crippen LogP contribution in [0.5, 0.6) is 0 Å². The monoisotopic (exact) mass is 296 g/mol. The maximum Gasteiger partial charge on any atom is 0.294 e. The number of nitriles is 1. The van der Waals surface area contributed by atoms with Crippen LogP contribution in [0.25, 0.3) is 0 Å². The summed E-state index contributed by atoms with van der Waals surface area (Å²) in [5.41, 5.74) is 5.63. The normalized spacial score (nSPS) is 12.1. The molecule has 1 rings (SSSR count). The first kappa shape index (κ1) is 15.5. The lowest BCUT2D eigenvalue weighted by molar-refractivity contribution is -0.116. The number of hydrogen-bond donors (Lipinski definition) is 4. The quantitative estimate of drug-likeness (QED) is 0.341. The van der Waals surface area contributed by atoms with Gasteiger partial charge in [0.1, 0.15) is 11.9 Å². The Balaban J connectivity index is 3.03. The van der Waals surface area contributed by atoms with E-state index in [1.54, 1.807) is 6.07 Å². The molecular weight excluding hydrogens is 284 g/mol. The van der Waals surface area contributed by atoms with Crippen molar-refractivity contribution >= 4 is 21.7 Å². The number of carbonyl (C=O) groups is 1. The number of amides is 1. The molecular formula is C11H12N4O4S. The standard InChI is InChI=1S/C11H12N4O4S/c1-14-11(16)9(6-12)10(13)15-7-2-4-8(5-3-7)20(17,18)19/h2-5,15H,13H2,1H3,(H,14,16)(H,17,18,19). The SMILES string of the molecule is CNC(=O)C(C#N)=C(N)Nc1ccc(S(=O)(=O)O)cc1. The molecule has 106 valence electrons. The first-order valence-corrected chi connectivity index (χ1v) is 6.70. The third-order valence-electron chi connectivity index (χ3n) is 2.27. The minimum atomic E-state index is -4.27. The highest BCUT2D eigenvalue weighted by Crippen LogP contribution is 2.15. The fraction of sp³-hybridized carbons (Fsp3) is 0.0909. The van der Waals surface area contributed by atoms with E-state index in [1.165, 1.54) is 19.2 Å². The molecule has 0 aliphatic rings. The van der Waals surface area contributed by atoms with E-state index in [1.807, 2.05) is 0 Å². The van der Waals surface area contributed by atoms with E-state index in [0.717, 1.165) is 12.1 Å². The van der Waals surface area contributed by atoms with Gasteiger partial charge in [-0.3, -0.25) is 9.35 Å². The highest BCUT2D eigenvalue weighted by molar-refractivity contribution is 7.85. The summed E-state index contributed by atoms with van der Waals surface area (Å²) in [4.78, 5) is 11.1. The fourth-order valence-electron chi connectivity index (χ4n) is 1.29. The van der Waals surface area contributed by atoms with Gasteiger partial charge in [0.25, 0.3) is 16.0 Å². The van der Waals surface area contributed by atoms with Gasteiger partial charge in [-0.15, -0.1) is 0 Å². The van der Waals surface area contributed by atoms with Gasteiger partial charge in [0.2, 0.25) is 0 Å². The molecule has 0 saturated heterocycles. The third kappa shape index (κ3) is 3.71. The molecule has 0 aliphatic carbocycles. The summed E-state index contributed by atoms with van der Waals surface area (Å²) in [6.07, 6.45) is 0. The summed E-state index contributed by atoms with van der Waals surface area (Å²) in [5, 5.41) is 13.7. The number of anilines is 1. The van der Waals surface area contributed by atoms with E-state index in [9.17, 15) is 13.2 Å². The minimum Gasteiger partial charge on any atom is -0.384 e. The minimum absolute atomic E-state index is 0.175. The summed E-state index contributed by atoms with van der Waals surface area (Å²) in [6.45, 7) is 0. The molecule has 0 atom stereocenters. The first-order valence-electron chi connectivity index (χ1n) is 5.26. The second kappa shape index (κ2) is 6.05. The highest BCUT2D eigenvalue weighted by atomic mass is 32.2. The predicted octanol–water partition coefficient (Wildman–Crippen LogP) is -0.215. The summed E-state index contributed by atoms with van der Waals surface area (Å²) in [7, 11) is -2.92. The zero-order valence-corrected chi connectivity index (χ0v) is 11.2. The second-order valence-corrected chi connectivity index (χ2v) is 5.03. The van der Waals surface area contributed by atoms with Crippen molar-refractivity contribution in [3.63, 3.8) is 0 Å². The molecule has 1 amide bonds. The molecule has 0 spiro atoms. The average Bonchev–Trinajstić information content (AvgIpc) is 2.38. The van der Waals surface area contributed by atoms with E-state index >= 15 is 0 Å². The van der Waals surface area contributed by atoms with Gasteiger partial charge >= 0.3 is 0 Å². The highest BCUT2D eigenvalue weighted by Gasteiger charge is 2.13. The van der Waals surface area contributed by atoms with Crippen LogP contribution in [0.4, 0.5) is 5.69 Å². The molecule has 5 N–H and O–H groups in total. The summed E-state index contributed by atoms with van der Waals surface area (Å²) in [6, 6.07) is 6.61. The molecule has 0 aromatic heterocycles. The van der Waals surface area contributed by atoms with Gasteiger partial charge in [0.15, 0.2) is 5.57 Å². The van der Waals surface area contributed by atoms with Gasteiger partial charge in [-0.1, -0.05) is 0 Å². The molecule has 1 aromatic carbocycles. The van der Waals surface area contributed by atoms with Crippen LogP contribution in [-0.4, -0.2) is 25.9 Å². The number of likely N-dealkylation sites (N-methyl/N-ethyl adjacent to an activating group) is 1. The Labute approximate surface area is 115 Å². The van der Waals surface area contributed by atoms with Crippen molar-refractivity contribution < 1.29 is 17.8 Å². The number of carbonyl (C=O) groups excluding carboxylic acids is 1. The van der Waals surface area contributed by atoms with Crippen LogP contribution in [0, 0.1) is 11.3 Å². The average molecular weight is 296 g/mol. The van der Waals surface area contributed by atoms with Gasteiger partial charge < -0.3 is 16.4 Å². The largest absolute Gasteiger partial charge is 0.384 e. The zero-order chi connectivity index (χ0) is 15.3. The Morgan fingerprint density at radius 2 is 1.90 bits per heavy atom. The van der Waals surface area contributed by atoms with E-state index in [-0.39, 0.29) is 16.3 Å². The molecule has 1 aromatic rings. The van der Waals surface area contributed by atoms with Crippen LogP contribution < -0.4 is 16.4 Å². The van der Waals surface area contributed by atoms with Gasteiger partial charge in [-0.2, -0.15) is 13.7 Å². The Morgan fingerprint density at radius 1 is 1.35 bits per heavy atom. The molecule has 0 unspecified atom stereocenters. The smallest absolute Gasteiger partial charge is 0.294 e. The van der Waals surface area contributed by atoms with Gasteiger partial charge in [0, 0.05) is 12.7 Å². The van der Waals surface area contributed by atoms with Crippen molar-refractivity contribution in [2.75, 3.05) is 12.4 Å². The van der Waals surface area contributed by atoms with Crippen molar-refractivity contribution in [1.82, 2.24) is 5.32 Å². The molecule has 0 saturated carbocycles. The zero-order valence-electron chi connectivity index (χ0n) is 10.4. The molecule has 0 heterocycles. The lowest BCUT2D eigenvalue weighted by atomic mass is 10.2. The summed E-state index contributed by atoms with van der Waals surface area (Å²) in [5.74, 6) is -0.821. The molecule has 0 fully saturated rings. The number of nitrogens with two attached hydrogens (primary N) is 1. The Bertz CT molecular complexity index is 686. The lowest BCUT2D eigenvalue weighted by Crippen LogP contribution is -2.25. The molecule has 9 heteroatoms. The maximum absolute atomic E-state index is 11.3. The van der Waals surface area contributed by atoms with E-state index < -0.39 is 16.0 Å². The van der Waals surface area contributed by atoms with Crippen LogP contribution in [0.2, 0.25) is 0 Å². The number of rotatable bonds is 4. The van der Waals surface area contributed by atoms with Crippen molar-refractivity contribution in [3.05, 3.63) is 35.7 Å². The van der Waals surface area contributed by atoms with E-state index in [4.69, 9.17) is 15.5 Å². The van der Waals surface area contributed by atoms with Crippen LogP contribution in [0.3, 0.4) is 0 Å². The Hall–Kier alpha value is -2.57. The van der Waals surface area contributed by atoms with E-state index in [2.05, 4.69) is 10.6 Å². The van der Waals surface area contributed by atoms with Gasteiger partial charge in [0.05, 0.1) is 4.90 Å². The third-order valence-corrected chi connectivity index (χ3v) is 3.13. The van der Waals surface area contributed by atoms with Crippen LogP contribution >= 0.6 is 0 Å². The summed E-state index contributed by atoms with van der Waals surface area (Å²) >= 11 is 0.